The smallest absolute Gasteiger partial charge is 0.416 e. The summed E-state index contributed by atoms with van der Waals surface area (Å²) in [6.45, 7) is 2.41. The minimum absolute atomic E-state index is 0.212. The van der Waals surface area contributed by atoms with Crippen molar-refractivity contribution in [1.82, 2.24) is 9.80 Å². The van der Waals surface area contributed by atoms with Crippen molar-refractivity contribution in [1.29, 1.82) is 0 Å². The lowest BCUT2D eigenvalue weighted by atomic mass is 9.92. The molecule has 0 aromatic heterocycles. The maximum Gasteiger partial charge on any atom is 0.416 e. The van der Waals surface area contributed by atoms with Crippen molar-refractivity contribution in [2.24, 2.45) is 5.92 Å². The van der Waals surface area contributed by atoms with E-state index in [-0.39, 0.29) is 25.5 Å². The van der Waals surface area contributed by atoms with Crippen LogP contribution >= 0.6 is 0 Å². The fourth-order valence-electron chi connectivity index (χ4n) is 2.66. The van der Waals surface area contributed by atoms with Gasteiger partial charge in [-0.05, 0) is 38.3 Å². The molecule has 2 heterocycles. The summed E-state index contributed by atoms with van der Waals surface area (Å²) in [6, 6.07) is 0. The highest BCUT2D eigenvalue weighted by Crippen LogP contribution is 2.21. The third-order valence-corrected chi connectivity index (χ3v) is 3.89. The van der Waals surface area contributed by atoms with E-state index in [4.69, 9.17) is 9.84 Å². The molecule has 1 N–H and O–H groups in total. The van der Waals surface area contributed by atoms with Crippen molar-refractivity contribution >= 4 is 18.0 Å². The van der Waals surface area contributed by atoms with E-state index in [0.29, 0.717) is 18.9 Å². The molecule has 2 amide bonds. The van der Waals surface area contributed by atoms with Crippen LogP contribution in [0, 0.1) is 5.92 Å². The van der Waals surface area contributed by atoms with Crippen LogP contribution in [-0.2, 0) is 14.3 Å². The summed E-state index contributed by atoms with van der Waals surface area (Å²) < 4.78 is 4.74. The topological polar surface area (TPSA) is 87.2 Å². The molecule has 0 unspecified atom stereocenters. The van der Waals surface area contributed by atoms with E-state index in [0.717, 1.165) is 30.8 Å². The van der Waals surface area contributed by atoms with E-state index >= 15 is 0 Å². The van der Waals surface area contributed by atoms with Gasteiger partial charge in [0, 0.05) is 6.42 Å². The van der Waals surface area contributed by atoms with E-state index in [1.54, 1.807) is 0 Å². The lowest BCUT2D eigenvalue weighted by Crippen LogP contribution is -2.43. The number of imide groups is 1. The predicted molar refractivity (Wildman–Crippen MR) is 69.1 cm³/mol. The molecule has 0 aliphatic carbocycles. The fraction of sp³-hybridized carbons (Fsp3) is 0.769. The summed E-state index contributed by atoms with van der Waals surface area (Å²) in [5.74, 6) is -0.541. The van der Waals surface area contributed by atoms with Crippen LogP contribution in [0.5, 0.6) is 0 Å². The van der Waals surface area contributed by atoms with Gasteiger partial charge in [0.2, 0.25) is 5.91 Å². The van der Waals surface area contributed by atoms with E-state index in [9.17, 15) is 14.4 Å². The van der Waals surface area contributed by atoms with Gasteiger partial charge in [-0.15, -0.1) is 0 Å². The van der Waals surface area contributed by atoms with Gasteiger partial charge < -0.3 is 9.84 Å². The average molecular weight is 284 g/mol. The standard InChI is InChI=1S/C13H20N2O5/c16-11(15-7-8-20-13(15)19)9-14-5-3-10(4-6-14)1-2-12(17)18/h10H,1-9H2,(H,17,18). The van der Waals surface area contributed by atoms with Crippen molar-refractivity contribution in [3.05, 3.63) is 0 Å². The normalized spacial score (nSPS) is 21.0. The van der Waals surface area contributed by atoms with Crippen LogP contribution in [0.1, 0.15) is 25.7 Å². The van der Waals surface area contributed by atoms with Gasteiger partial charge in [0.25, 0.3) is 0 Å². The average Bonchev–Trinajstić information content (AvgIpc) is 2.84. The third kappa shape index (κ3) is 3.93. The summed E-state index contributed by atoms with van der Waals surface area (Å²) in [5, 5.41) is 8.66. The molecule has 7 nitrogen and oxygen atoms in total. The Kier molecular flexibility index (Phi) is 4.94. The number of nitrogens with zero attached hydrogens (tertiary/aromatic N) is 2. The summed E-state index contributed by atoms with van der Waals surface area (Å²) in [6.07, 6.45) is 2.18. The molecule has 112 valence electrons. The molecule has 7 heteroatoms. The van der Waals surface area contributed by atoms with Gasteiger partial charge >= 0.3 is 12.1 Å². The van der Waals surface area contributed by atoms with Gasteiger partial charge in [-0.2, -0.15) is 0 Å². The molecular formula is C13H20N2O5. The first-order valence-electron chi connectivity index (χ1n) is 6.97. The maximum absolute atomic E-state index is 11.9. The van der Waals surface area contributed by atoms with E-state index in [2.05, 4.69) is 0 Å². The summed E-state index contributed by atoms with van der Waals surface area (Å²) in [4.78, 5) is 36.9. The Balaban J connectivity index is 1.70. The lowest BCUT2D eigenvalue weighted by molar-refractivity contribution is -0.137. The molecule has 0 radical (unpaired) electrons. The second-order valence-corrected chi connectivity index (χ2v) is 5.31. The molecule has 0 spiro atoms. The highest BCUT2D eigenvalue weighted by atomic mass is 16.6. The van der Waals surface area contributed by atoms with Crippen LogP contribution in [0.4, 0.5) is 4.79 Å². The van der Waals surface area contributed by atoms with Crippen molar-refractivity contribution in [2.75, 3.05) is 32.8 Å². The molecular weight excluding hydrogens is 264 g/mol. The molecule has 0 saturated carbocycles. The fourth-order valence-corrected chi connectivity index (χ4v) is 2.66. The highest BCUT2D eigenvalue weighted by molar-refractivity contribution is 5.94. The van der Waals surface area contributed by atoms with E-state index < -0.39 is 12.1 Å². The maximum atomic E-state index is 11.9. The van der Waals surface area contributed by atoms with Gasteiger partial charge in [0.15, 0.2) is 0 Å². The number of ether oxygens (including phenoxy) is 1. The number of likely N-dealkylation sites (tertiary alicyclic amines) is 1. The van der Waals surface area contributed by atoms with Gasteiger partial charge in [-0.3, -0.25) is 14.5 Å². The Morgan fingerprint density at radius 1 is 1.25 bits per heavy atom. The predicted octanol–water partition coefficient (Wildman–Crippen LogP) is 0.542. The highest BCUT2D eigenvalue weighted by Gasteiger charge is 2.30. The Hall–Kier alpha value is -1.63. The van der Waals surface area contributed by atoms with Crippen LogP contribution < -0.4 is 0 Å². The minimum atomic E-state index is -0.754. The van der Waals surface area contributed by atoms with Crippen LogP contribution in [-0.4, -0.2) is 65.7 Å². The summed E-state index contributed by atoms with van der Waals surface area (Å²) >= 11 is 0. The molecule has 2 aliphatic rings. The zero-order chi connectivity index (χ0) is 14.5. The second-order valence-electron chi connectivity index (χ2n) is 5.31. The quantitative estimate of drug-likeness (QED) is 0.793. The molecule has 2 saturated heterocycles. The first-order valence-corrected chi connectivity index (χ1v) is 6.97. The Morgan fingerprint density at radius 2 is 1.95 bits per heavy atom. The number of carbonyl (C=O) groups is 3. The number of amides is 2. The van der Waals surface area contributed by atoms with Crippen molar-refractivity contribution < 1.29 is 24.2 Å². The number of hydrogen-bond acceptors (Lipinski definition) is 5. The zero-order valence-corrected chi connectivity index (χ0v) is 11.4. The monoisotopic (exact) mass is 284 g/mol. The van der Waals surface area contributed by atoms with Gasteiger partial charge in [-0.1, -0.05) is 0 Å². The third-order valence-electron chi connectivity index (χ3n) is 3.89. The molecule has 0 bridgehead atoms. The van der Waals surface area contributed by atoms with Crippen molar-refractivity contribution in [3.8, 4) is 0 Å². The van der Waals surface area contributed by atoms with Crippen LogP contribution in [0.3, 0.4) is 0 Å². The molecule has 0 aromatic carbocycles. The Morgan fingerprint density at radius 3 is 2.50 bits per heavy atom. The summed E-state index contributed by atoms with van der Waals surface area (Å²) in [7, 11) is 0. The largest absolute Gasteiger partial charge is 0.481 e. The van der Waals surface area contributed by atoms with Crippen molar-refractivity contribution in [2.45, 2.75) is 25.7 Å². The van der Waals surface area contributed by atoms with Gasteiger partial charge in [0.05, 0.1) is 13.1 Å². The SMILES string of the molecule is O=C(O)CCC1CCN(CC(=O)N2CCOC2=O)CC1. The Labute approximate surface area is 117 Å². The van der Waals surface area contributed by atoms with Crippen molar-refractivity contribution in [3.63, 3.8) is 0 Å². The first-order chi connectivity index (χ1) is 9.56. The number of hydrogen-bond donors (Lipinski definition) is 1. The number of carboxylic acids is 1. The molecule has 2 aliphatic heterocycles. The molecule has 20 heavy (non-hydrogen) atoms. The number of rotatable bonds is 5. The molecule has 2 rings (SSSR count). The zero-order valence-electron chi connectivity index (χ0n) is 11.4. The summed E-state index contributed by atoms with van der Waals surface area (Å²) in [5.41, 5.74) is 0. The molecule has 0 aromatic rings. The first kappa shape index (κ1) is 14.8. The molecule has 0 atom stereocenters. The number of aliphatic carboxylic acids is 1. The second kappa shape index (κ2) is 6.69. The van der Waals surface area contributed by atoms with E-state index in [1.807, 2.05) is 4.90 Å². The number of carbonyl (C=O) groups excluding carboxylic acids is 2. The van der Waals surface area contributed by atoms with Crippen LogP contribution in [0.15, 0.2) is 0 Å². The minimum Gasteiger partial charge on any atom is -0.481 e. The number of cyclic esters (lactones) is 1. The lowest BCUT2D eigenvalue weighted by Gasteiger charge is -2.31. The Bertz CT molecular complexity index is 390. The van der Waals surface area contributed by atoms with Crippen LogP contribution in [0.25, 0.3) is 0 Å². The van der Waals surface area contributed by atoms with E-state index in [1.165, 1.54) is 0 Å². The number of piperidine rings is 1. The number of carboxylic acid groups (broad SMARTS) is 1. The van der Waals surface area contributed by atoms with Crippen LogP contribution in [0.2, 0.25) is 0 Å². The van der Waals surface area contributed by atoms with Gasteiger partial charge in [0.1, 0.15) is 6.61 Å². The van der Waals surface area contributed by atoms with Gasteiger partial charge in [-0.25, -0.2) is 9.69 Å². The molecule has 2 fully saturated rings.